The van der Waals surface area contributed by atoms with Crippen LogP contribution in [0.4, 0.5) is 15.8 Å². The van der Waals surface area contributed by atoms with Crippen LogP contribution in [-0.2, 0) is 9.59 Å². The largest absolute Gasteiger partial charge is 0.350 e. The van der Waals surface area contributed by atoms with E-state index in [2.05, 4.69) is 21.2 Å². The van der Waals surface area contributed by atoms with E-state index in [0.717, 1.165) is 9.37 Å². The first-order valence-electron chi connectivity index (χ1n) is 8.51. The quantitative estimate of drug-likeness (QED) is 0.586. The molecule has 6 heteroatoms. The van der Waals surface area contributed by atoms with Crippen molar-refractivity contribution in [3.05, 3.63) is 100 Å². The summed E-state index contributed by atoms with van der Waals surface area (Å²) in [6.07, 6.45) is 0. The third-order valence-corrected chi connectivity index (χ3v) is 4.87. The number of nitrogens with zero attached hydrogens (tertiary/aromatic N) is 1. The summed E-state index contributed by atoms with van der Waals surface area (Å²) in [6.45, 7) is 0. The van der Waals surface area contributed by atoms with Crippen molar-refractivity contribution < 1.29 is 14.0 Å². The molecule has 0 saturated carbocycles. The Hall–Kier alpha value is -3.25. The Bertz CT molecular complexity index is 1080. The number of anilines is 2. The first-order valence-corrected chi connectivity index (χ1v) is 9.30. The Labute approximate surface area is 169 Å². The van der Waals surface area contributed by atoms with Gasteiger partial charge in [0.15, 0.2) is 0 Å². The molecule has 0 aromatic heterocycles. The minimum Gasteiger partial charge on any atom is -0.350 e. The molecule has 3 aromatic carbocycles. The molecular weight excluding hydrogens is 423 g/mol. The number of rotatable bonds is 4. The lowest BCUT2D eigenvalue weighted by atomic mass is 10.0. The summed E-state index contributed by atoms with van der Waals surface area (Å²) in [4.78, 5) is 27.5. The average Bonchev–Trinajstić information content (AvgIpc) is 2.95. The first kappa shape index (κ1) is 18.1. The Balaban J connectivity index is 1.80. The number of carbonyl (C=O) groups excluding carboxylic acids is 2. The number of hydrogen-bond donors (Lipinski definition) is 1. The Morgan fingerprint density at radius 2 is 1.43 bits per heavy atom. The van der Waals surface area contributed by atoms with E-state index >= 15 is 0 Å². The maximum absolute atomic E-state index is 13.2. The predicted molar refractivity (Wildman–Crippen MR) is 110 cm³/mol. The normalized spacial score (nSPS) is 14.0. The fraction of sp³-hybridized carbons (Fsp3) is 0. The molecule has 0 atom stereocenters. The van der Waals surface area contributed by atoms with Crippen LogP contribution in [0.15, 0.2) is 89.0 Å². The molecule has 1 aliphatic rings. The van der Waals surface area contributed by atoms with Gasteiger partial charge in [-0.1, -0.05) is 46.3 Å². The fourth-order valence-electron chi connectivity index (χ4n) is 3.02. The molecule has 0 aliphatic carbocycles. The molecule has 4 rings (SSSR count). The van der Waals surface area contributed by atoms with Gasteiger partial charge >= 0.3 is 0 Å². The molecule has 0 saturated heterocycles. The minimum absolute atomic E-state index is 0.158. The van der Waals surface area contributed by atoms with E-state index in [1.54, 1.807) is 48.5 Å². The van der Waals surface area contributed by atoms with Gasteiger partial charge in [0.05, 0.1) is 11.3 Å². The van der Waals surface area contributed by atoms with Crippen molar-refractivity contribution in [2.45, 2.75) is 0 Å². The Kier molecular flexibility index (Phi) is 4.79. The number of nitrogens with one attached hydrogen (secondary N) is 1. The van der Waals surface area contributed by atoms with Gasteiger partial charge in [0.1, 0.15) is 11.5 Å². The Morgan fingerprint density at radius 3 is 2.07 bits per heavy atom. The highest BCUT2D eigenvalue weighted by Gasteiger charge is 2.40. The van der Waals surface area contributed by atoms with Gasteiger partial charge in [-0.25, -0.2) is 9.29 Å². The van der Waals surface area contributed by atoms with E-state index in [1.807, 2.05) is 6.07 Å². The van der Waals surface area contributed by atoms with E-state index < -0.39 is 11.8 Å². The van der Waals surface area contributed by atoms with Crippen LogP contribution < -0.4 is 10.2 Å². The maximum atomic E-state index is 13.2. The zero-order chi connectivity index (χ0) is 19.7. The lowest BCUT2D eigenvalue weighted by molar-refractivity contribution is -0.120. The van der Waals surface area contributed by atoms with Gasteiger partial charge < -0.3 is 5.32 Å². The smallest absolute Gasteiger partial charge is 0.282 e. The van der Waals surface area contributed by atoms with Crippen molar-refractivity contribution in [3.8, 4) is 0 Å². The molecule has 1 N–H and O–H groups in total. The topological polar surface area (TPSA) is 49.4 Å². The SMILES string of the molecule is O=C1C(Nc2ccc(F)cc2)=C(c2ccccc2)C(=O)N1c1ccc(Br)cc1. The number of hydrogen-bond acceptors (Lipinski definition) is 3. The van der Waals surface area contributed by atoms with Crippen molar-refractivity contribution in [3.63, 3.8) is 0 Å². The summed E-state index contributed by atoms with van der Waals surface area (Å²) in [5, 5.41) is 3.00. The first-order chi connectivity index (χ1) is 13.5. The Morgan fingerprint density at radius 1 is 0.786 bits per heavy atom. The lowest BCUT2D eigenvalue weighted by Gasteiger charge is -2.15. The average molecular weight is 437 g/mol. The number of halogens is 2. The van der Waals surface area contributed by atoms with E-state index in [4.69, 9.17) is 0 Å². The van der Waals surface area contributed by atoms with Crippen molar-refractivity contribution in [1.82, 2.24) is 0 Å². The predicted octanol–water partition coefficient (Wildman–Crippen LogP) is 4.98. The highest BCUT2D eigenvalue weighted by Crippen LogP contribution is 2.34. The molecule has 3 aromatic rings. The van der Waals surface area contributed by atoms with Gasteiger partial charge in [-0.15, -0.1) is 0 Å². The fourth-order valence-corrected chi connectivity index (χ4v) is 3.28. The molecule has 28 heavy (non-hydrogen) atoms. The van der Waals surface area contributed by atoms with E-state index in [0.29, 0.717) is 16.9 Å². The van der Waals surface area contributed by atoms with Crippen LogP contribution in [-0.4, -0.2) is 11.8 Å². The van der Waals surface area contributed by atoms with Gasteiger partial charge in [0.2, 0.25) is 0 Å². The summed E-state index contributed by atoms with van der Waals surface area (Å²) >= 11 is 3.35. The number of imide groups is 1. The van der Waals surface area contributed by atoms with Crippen molar-refractivity contribution in [2.75, 3.05) is 10.2 Å². The van der Waals surface area contributed by atoms with Gasteiger partial charge in [0.25, 0.3) is 11.8 Å². The van der Waals surface area contributed by atoms with Gasteiger partial charge in [-0.05, 0) is 54.1 Å². The van der Waals surface area contributed by atoms with Gasteiger partial charge in [-0.2, -0.15) is 0 Å². The minimum atomic E-state index is -0.462. The van der Waals surface area contributed by atoms with Crippen molar-refractivity contribution in [2.24, 2.45) is 0 Å². The van der Waals surface area contributed by atoms with Crippen LogP contribution in [0.25, 0.3) is 5.57 Å². The molecule has 0 unspecified atom stereocenters. The molecule has 0 fully saturated rings. The molecule has 1 aliphatic heterocycles. The summed E-state index contributed by atoms with van der Waals surface area (Å²) in [5.41, 5.74) is 2.06. The zero-order valence-corrected chi connectivity index (χ0v) is 16.1. The molecule has 0 radical (unpaired) electrons. The molecule has 138 valence electrons. The number of carbonyl (C=O) groups is 2. The van der Waals surface area contributed by atoms with Crippen LogP contribution in [0.2, 0.25) is 0 Å². The van der Waals surface area contributed by atoms with Crippen LogP contribution in [0.3, 0.4) is 0 Å². The highest BCUT2D eigenvalue weighted by molar-refractivity contribution is 9.10. The van der Waals surface area contributed by atoms with Crippen LogP contribution in [0, 0.1) is 5.82 Å². The molecule has 0 spiro atoms. The standard InChI is InChI=1S/C22H14BrFN2O2/c23-15-6-12-18(13-7-15)26-21(27)19(14-4-2-1-3-5-14)20(22(26)28)25-17-10-8-16(24)9-11-17/h1-13,25H. The van der Waals surface area contributed by atoms with Crippen molar-refractivity contribution in [1.29, 1.82) is 0 Å². The second-order valence-electron chi connectivity index (χ2n) is 6.17. The van der Waals surface area contributed by atoms with E-state index in [-0.39, 0.29) is 17.1 Å². The monoisotopic (exact) mass is 436 g/mol. The number of benzene rings is 3. The molecule has 1 heterocycles. The summed E-state index contributed by atoms with van der Waals surface area (Å²) in [7, 11) is 0. The molecular formula is C22H14BrFN2O2. The van der Waals surface area contributed by atoms with Crippen molar-refractivity contribution >= 4 is 44.7 Å². The van der Waals surface area contributed by atoms with E-state index in [1.165, 1.54) is 24.3 Å². The highest BCUT2D eigenvalue weighted by atomic mass is 79.9. The summed E-state index contributed by atoms with van der Waals surface area (Å²) in [6, 6.07) is 21.5. The summed E-state index contributed by atoms with van der Waals surface area (Å²) in [5.74, 6) is -1.26. The second kappa shape index (κ2) is 7.40. The third-order valence-electron chi connectivity index (χ3n) is 4.34. The lowest BCUT2D eigenvalue weighted by Crippen LogP contribution is -2.32. The molecule has 4 nitrogen and oxygen atoms in total. The summed E-state index contributed by atoms with van der Waals surface area (Å²) < 4.78 is 14.1. The third kappa shape index (κ3) is 3.34. The van der Waals surface area contributed by atoms with Gasteiger partial charge in [-0.3, -0.25) is 9.59 Å². The van der Waals surface area contributed by atoms with Crippen LogP contribution in [0.5, 0.6) is 0 Å². The molecule has 0 bridgehead atoms. The van der Waals surface area contributed by atoms with Gasteiger partial charge in [0, 0.05) is 10.2 Å². The van der Waals surface area contributed by atoms with Crippen LogP contribution >= 0.6 is 15.9 Å². The maximum Gasteiger partial charge on any atom is 0.282 e. The van der Waals surface area contributed by atoms with Crippen LogP contribution in [0.1, 0.15) is 5.56 Å². The number of amides is 2. The zero-order valence-electron chi connectivity index (χ0n) is 14.5. The van der Waals surface area contributed by atoms with E-state index in [9.17, 15) is 14.0 Å². The molecule has 2 amide bonds. The second-order valence-corrected chi connectivity index (χ2v) is 7.09.